The lowest BCUT2D eigenvalue weighted by Crippen LogP contribution is -2.00. The quantitative estimate of drug-likeness (QED) is 0.757. The lowest BCUT2D eigenvalue weighted by Gasteiger charge is -2.04. The number of nitrogens with zero attached hydrogens (tertiary/aromatic N) is 3. The Morgan fingerprint density at radius 3 is 2.93 bits per heavy atom. The van der Waals surface area contributed by atoms with Crippen molar-refractivity contribution in [3.8, 4) is 0 Å². The van der Waals surface area contributed by atoms with Crippen molar-refractivity contribution in [1.82, 2.24) is 14.8 Å². The molecule has 0 aliphatic carbocycles. The maximum atomic E-state index is 6.08. The first-order valence-corrected chi connectivity index (χ1v) is 4.71. The Hall–Kier alpha value is -1.35. The Bertz CT molecular complexity index is 423. The molecule has 1 heterocycles. The third-order valence-corrected chi connectivity index (χ3v) is 2.36. The van der Waals surface area contributed by atoms with Crippen LogP contribution in [0.15, 0.2) is 30.9 Å². The number of halogens is 1. The minimum atomic E-state index is 0.666. The maximum absolute atomic E-state index is 6.08. The van der Waals surface area contributed by atoms with E-state index < -0.39 is 0 Å². The molecule has 0 saturated carbocycles. The van der Waals surface area contributed by atoms with E-state index in [1.54, 1.807) is 11.0 Å². The van der Waals surface area contributed by atoms with Crippen molar-refractivity contribution in [1.29, 1.82) is 0 Å². The molecule has 4 heteroatoms. The van der Waals surface area contributed by atoms with E-state index in [9.17, 15) is 0 Å². The summed E-state index contributed by atoms with van der Waals surface area (Å²) in [7, 11) is 0. The van der Waals surface area contributed by atoms with Crippen LogP contribution in [0.3, 0.4) is 0 Å². The average molecular weight is 208 g/mol. The molecule has 2 rings (SSSR count). The van der Waals surface area contributed by atoms with Gasteiger partial charge in [0.2, 0.25) is 0 Å². The molecule has 0 amide bonds. The topological polar surface area (TPSA) is 30.7 Å². The van der Waals surface area contributed by atoms with Crippen LogP contribution in [0.2, 0.25) is 5.02 Å². The number of aromatic nitrogens is 3. The van der Waals surface area contributed by atoms with Crippen LogP contribution in [0.5, 0.6) is 0 Å². The molecule has 1 aromatic heterocycles. The summed E-state index contributed by atoms with van der Waals surface area (Å²) in [4.78, 5) is 3.87. The summed E-state index contributed by atoms with van der Waals surface area (Å²) in [5.74, 6) is 0. The fourth-order valence-electron chi connectivity index (χ4n) is 1.27. The fraction of sp³-hybridized carbons (Fsp3) is 0.200. The van der Waals surface area contributed by atoms with Crippen molar-refractivity contribution in [3.05, 3.63) is 47.0 Å². The predicted molar refractivity (Wildman–Crippen MR) is 55.3 cm³/mol. The molecule has 3 nitrogen and oxygen atoms in total. The summed E-state index contributed by atoms with van der Waals surface area (Å²) >= 11 is 6.08. The van der Waals surface area contributed by atoms with Crippen LogP contribution in [-0.4, -0.2) is 14.8 Å². The van der Waals surface area contributed by atoms with Gasteiger partial charge in [-0.15, -0.1) is 0 Å². The molecule has 1 aromatic carbocycles. The first-order chi connectivity index (χ1) is 6.75. The Balaban J connectivity index is 2.25. The summed E-state index contributed by atoms with van der Waals surface area (Å²) in [6.07, 6.45) is 3.19. The summed E-state index contributed by atoms with van der Waals surface area (Å²) < 4.78 is 1.75. The molecule has 0 bridgehead atoms. The first kappa shape index (κ1) is 9.21. The number of hydrogen-bond acceptors (Lipinski definition) is 2. The molecule has 0 N–H and O–H groups in total. The largest absolute Gasteiger partial charge is 0.249 e. The van der Waals surface area contributed by atoms with Crippen molar-refractivity contribution >= 4 is 11.6 Å². The molecular weight excluding hydrogens is 198 g/mol. The summed E-state index contributed by atoms with van der Waals surface area (Å²) in [6, 6.07) is 6.01. The molecular formula is C10H10ClN3. The fourth-order valence-corrected chi connectivity index (χ4v) is 1.56. The Kier molecular flexibility index (Phi) is 2.50. The van der Waals surface area contributed by atoms with Crippen molar-refractivity contribution in [2.45, 2.75) is 13.5 Å². The number of benzene rings is 1. The smallest absolute Gasteiger partial charge is 0.137 e. The number of rotatable bonds is 2. The minimum Gasteiger partial charge on any atom is -0.249 e. The van der Waals surface area contributed by atoms with Gasteiger partial charge in [0, 0.05) is 5.02 Å². The minimum absolute atomic E-state index is 0.666. The van der Waals surface area contributed by atoms with Gasteiger partial charge in [0.25, 0.3) is 0 Å². The SMILES string of the molecule is Cc1ccc(Cn2cncn2)c(Cl)c1. The summed E-state index contributed by atoms with van der Waals surface area (Å²) in [5, 5.41) is 4.80. The van der Waals surface area contributed by atoms with E-state index in [1.807, 2.05) is 25.1 Å². The maximum Gasteiger partial charge on any atom is 0.137 e. The molecule has 2 aromatic rings. The second-order valence-corrected chi connectivity index (χ2v) is 3.60. The van der Waals surface area contributed by atoms with Gasteiger partial charge in [0.05, 0.1) is 6.54 Å². The molecule has 0 aliphatic heterocycles. The molecule has 0 spiro atoms. The van der Waals surface area contributed by atoms with Crippen LogP contribution < -0.4 is 0 Å². The van der Waals surface area contributed by atoms with Crippen molar-refractivity contribution in [2.24, 2.45) is 0 Å². The second kappa shape index (κ2) is 3.80. The van der Waals surface area contributed by atoms with E-state index in [0.29, 0.717) is 6.54 Å². The Morgan fingerprint density at radius 1 is 1.43 bits per heavy atom. The predicted octanol–water partition coefficient (Wildman–Crippen LogP) is 2.29. The zero-order valence-electron chi connectivity index (χ0n) is 7.81. The van der Waals surface area contributed by atoms with Gasteiger partial charge in [0.1, 0.15) is 12.7 Å². The lowest BCUT2D eigenvalue weighted by molar-refractivity contribution is 0.685. The summed E-state index contributed by atoms with van der Waals surface area (Å²) in [5.41, 5.74) is 2.22. The average Bonchev–Trinajstić information content (AvgIpc) is 2.62. The highest BCUT2D eigenvalue weighted by Gasteiger charge is 2.01. The van der Waals surface area contributed by atoms with Gasteiger partial charge in [-0.25, -0.2) is 9.67 Å². The molecule has 0 radical (unpaired) electrons. The van der Waals surface area contributed by atoms with Crippen molar-refractivity contribution < 1.29 is 0 Å². The highest BCUT2D eigenvalue weighted by atomic mass is 35.5. The van der Waals surface area contributed by atoms with Gasteiger partial charge in [-0.2, -0.15) is 5.10 Å². The van der Waals surface area contributed by atoms with E-state index in [0.717, 1.165) is 16.1 Å². The van der Waals surface area contributed by atoms with Crippen LogP contribution in [0.4, 0.5) is 0 Å². The van der Waals surface area contributed by atoms with E-state index in [1.165, 1.54) is 6.33 Å². The molecule has 0 unspecified atom stereocenters. The Morgan fingerprint density at radius 2 is 2.29 bits per heavy atom. The molecule has 0 saturated heterocycles. The highest BCUT2D eigenvalue weighted by molar-refractivity contribution is 6.31. The van der Waals surface area contributed by atoms with Gasteiger partial charge in [0.15, 0.2) is 0 Å². The standard InChI is InChI=1S/C10H10ClN3/c1-8-2-3-9(10(11)4-8)5-14-7-12-6-13-14/h2-4,6-7H,5H2,1H3. The second-order valence-electron chi connectivity index (χ2n) is 3.19. The molecule has 0 fully saturated rings. The highest BCUT2D eigenvalue weighted by Crippen LogP contribution is 2.17. The van der Waals surface area contributed by atoms with Gasteiger partial charge in [-0.3, -0.25) is 0 Å². The van der Waals surface area contributed by atoms with Gasteiger partial charge in [-0.05, 0) is 24.1 Å². The number of aryl methyl sites for hydroxylation is 1. The molecule has 0 atom stereocenters. The van der Waals surface area contributed by atoms with Gasteiger partial charge in [-0.1, -0.05) is 23.7 Å². The zero-order valence-corrected chi connectivity index (χ0v) is 8.57. The third-order valence-electron chi connectivity index (χ3n) is 2.01. The molecule has 14 heavy (non-hydrogen) atoms. The monoisotopic (exact) mass is 207 g/mol. The van der Waals surface area contributed by atoms with Crippen molar-refractivity contribution in [3.63, 3.8) is 0 Å². The lowest BCUT2D eigenvalue weighted by atomic mass is 10.1. The normalized spacial score (nSPS) is 10.4. The molecule has 0 aliphatic rings. The van der Waals surface area contributed by atoms with E-state index in [-0.39, 0.29) is 0 Å². The van der Waals surface area contributed by atoms with Gasteiger partial charge < -0.3 is 0 Å². The first-order valence-electron chi connectivity index (χ1n) is 4.33. The van der Waals surface area contributed by atoms with Crippen molar-refractivity contribution in [2.75, 3.05) is 0 Å². The van der Waals surface area contributed by atoms with Crippen LogP contribution in [0, 0.1) is 6.92 Å². The number of hydrogen-bond donors (Lipinski definition) is 0. The van der Waals surface area contributed by atoms with Crippen LogP contribution in [0.1, 0.15) is 11.1 Å². The van der Waals surface area contributed by atoms with Gasteiger partial charge >= 0.3 is 0 Å². The van der Waals surface area contributed by atoms with E-state index in [4.69, 9.17) is 11.6 Å². The third kappa shape index (κ3) is 1.93. The van der Waals surface area contributed by atoms with E-state index >= 15 is 0 Å². The summed E-state index contributed by atoms with van der Waals surface area (Å²) in [6.45, 7) is 2.68. The zero-order chi connectivity index (χ0) is 9.97. The van der Waals surface area contributed by atoms with Crippen LogP contribution >= 0.6 is 11.6 Å². The van der Waals surface area contributed by atoms with E-state index in [2.05, 4.69) is 10.1 Å². The van der Waals surface area contributed by atoms with Crippen LogP contribution in [0.25, 0.3) is 0 Å². The molecule has 72 valence electrons. The van der Waals surface area contributed by atoms with Crippen LogP contribution in [-0.2, 0) is 6.54 Å². The Labute approximate surface area is 87.3 Å².